The molecule has 0 aromatic heterocycles. The largest absolute Gasteiger partial charge is 0.371 e. The van der Waals surface area contributed by atoms with Gasteiger partial charge in [0.1, 0.15) is 4.90 Å². The minimum absolute atomic E-state index is 0. The van der Waals surface area contributed by atoms with Crippen molar-refractivity contribution in [3.63, 3.8) is 0 Å². The molecule has 0 bridgehead atoms. The Hall–Kier alpha value is -1.30. The Morgan fingerprint density at radius 2 is 0.889 bits per heavy atom. The van der Waals surface area contributed by atoms with E-state index < -0.39 is 54.3 Å². The van der Waals surface area contributed by atoms with Gasteiger partial charge in [0.2, 0.25) is 0 Å². The van der Waals surface area contributed by atoms with Crippen LogP contribution in [0.2, 0.25) is 0 Å². The van der Waals surface area contributed by atoms with E-state index in [9.17, 15) is 33.7 Å². The number of benzene rings is 1. The van der Waals surface area contributed by atoms with Crippen molar-refractivity contribution in [2.75, 3.05) is 0 Å². The van der Waals surface area contributed by atoms with E-state index in [0.29, 0.717) is 6.07 Å². The SMILES string of the molecule is N.N.N.N.O=S(=O)(O)c1ccccc1C(S(=O)(=O)O)(S(=O)(=O)O)S(=O)(=O)O. The molecule has 0 fully saturated rings. The van der Waals surface area contributed by atoms with Crippen LogP contribution in [-0.4, -0.2) is 51.9 Å². The van der Waals surface area contributed by atoms with E-state index in [4.69, 9.17) is 18.2 Å². The van der Waals surface area contributed by atoms with Crippen LogP contribution in [0.5, 0.6) is 0 Å². The quantitative estimate of drug-likeness (QED) is 0.242. The predicted octanol–water partition coefficient (Wildman–Crippen LogP) is -0.645. The molecule has 0 spiro atoms. The van der Waals surface area contributed by atoms with Crippen LogP contribution >= 0.6 is 0 Å². The van der Waals surface area contributed by atoms with Crippen molar-refractivity contribution in [3.05, 3.63) is 29.8 Å². The average Bonchev–Trinajstić information content (AvgIpc) is 2.22. The van der Waals surface area contributed by atoms with Crippen LogP contribution in [-0.2, 0) is 43.9 Å². The van der Waals surface area contributed by atoms with Gasteiger partial charge < -0.3 is 24.6 Å². The standard InChI is InChI=1S/C7H8O12S4.4H3N/c8-20(9,10)6-4-2-1-3-5(6)7(21(11,12)13,22(14,15)16)23(17,18)19;;;;/h1-4H,(H,8,9,10)(H,11,12,13)(H,14,15,16)(H,17,18,19);4*1H3. The lowest BCUT2D eigenvalue weighted by molar-refractivity contribution is 0.423. The molecule has 0 amide bonds. The Morgan fingerprint density at radius 3 is 1.15 bits per heavy atom. The Morgan fingerprint density at radius 1 is 0.593 bits per heavy atom. The Bertz CT molecular complexity index is 982. The van der Waals surface area contributed by atoms with Crippen LogP contribution in [0.4, 0.5) is 0 Å². The molecule has 20 heteroatoms. The van der Waals surface area contributed by atoms with Gasteiger partial charge in [-0.05, 0) is 6.07 Å². The molecule has 16 N–H and O–H groups in total. The average molecular weight is 481 g/mol. The van der Waals surface area contributed by atoms with Crippen molar-refractivity contribution >= 4 is 40.5 Å². The number of hydrogen-bond donors (Lipinski definition) is 8. The van der Waals surface area contributed by atoms with Crippen molar-refractivity contribution in [1.82, 2.24) is 24.6 Å². The van der Waals surface area contributed by atoms with E-state index in [-0.39, 0.29) is 30.7 Å². The van der Waals surface area contributed by atoms with Crippen LogP contribution in [0.15, 0.2) is 29.2 Å². The minimum Gasteiger partial charge on any atom is -0.344 e. The van der Waals surface area contributed by atoms with Crippen LogP contribution in [0, 0.1) is 0 Å². The lowest BCUT2D eigenvalue weighted by Gasteiger charge is -2.25. The van der Waals surface area contributed by atoms with E-state index in [1.807, 2.05) is 0 Å². The molecule has 1 aromatic rings. The molecule has 0 unspecified atom stereocenters. The van der Waals surface area contributed by atoms with Gasteiger partial charge in [-0.2, -0.15) is 33.7 Å². The zero-order valence-electron chi connectivity index (χ0n) is 13.3. The van der Waals surface area contributed by atoms with Crippen molar-refractivity contribution in [1.29, 1.82) is 0 Å². The molecule has 0 aliphatic rings. The van der Waals surface area contributed by atoms with Gasteiger partial charge in [-0.15, -0.1) is 0 Å². The lowest BCUT2D eigenvalue weighted by Crippen LogP contribution is -2.50. The molecule has 27 heavy (non-hydrogen) atoms. The van der Waals surface area contributed by atoms with Gasteiger partial charge in [0.15, 0.2) is 0 Å². The maximum absolute atomic E-state index is 11.4. The zero-order valence-corrected chi connectivity index (χ0v) is 16.6. The maximum atomic E-state index is 11.4. The molecule has 0 saturated heterocycles. The van der Waals surface area contributed by atoms with Gasteiger partial charge >= 0.3 is 33.8 Å². The number of hydrogen-bond acceptors (Lipinski definition) is 12. The number of rotatable bonds is 5. The first kappa shape index (κ1) is 33.3. The third-order valence-electron chi connectivity index (χ3n) is 2.51. The molecule has 1 aromatic carbocycles. The van der Waals surface area contributed by atoms with Crippen molar-refractivity contribution in [2.24, 2.45) is 0 Å². The molecule has 0 aliphatic heterocycles. The fourth-order valence-corrected chi connectivity index (χ4v) is 7.27. The first-order valence-electron chi connectivity index (χ1n) is 4.96. The fraction of sp³-hybridized carbons (Fsp3) is 0.143. The first-order chi connectivity index (χ1) is 9.98. The smallest absolute Gasteiger partial charge is 0.344 e. The molecule has 16 nitrogen and oxygen atoms in total. The molecular formula is C7H20N4O12S4. The van der Waals surface area contributed by atoms with Crippen LogP contribution < -0.4 is 24.6 Å². The summed E-state index contributed by atoms with van der Waals surface area (Å²) < 4.78 is 122. The van der Waals surface area contributed by atoms with Gasteiger partial charge in [0.25, 0.3) is 10.1 Å². The summed E-state index contributed by atoms with van der Waals surface area (Å²) >= 11 is 0. The highest BCUT2D eigenvalue weighted by Gasteiger charge is 2.68. The van der Waals surface area contributed by atoms with Gasteiger partial charge in [0, 0.05) is 5.56 Å². The molecule has 0 atom stereocenters. The topological polar surface area (TPSA) is 357 Å². The Balaban J connectivity index is -0.000000661. The van der Waals surface area contributed by atoms with E-state index in [2.05, 4.69) is 0 Å². The molecular weight excluding hydrogens is 460 g/mol. The molecule has 0 heterocycles. The lowest BCUT2D eigenvalue weighted by atomic mass is 10.2. The van der Waals surface area contributed by atoms with Crippen LogP contribution in [0.1, 0.15) is 5.56 Å². The van der Waals surface area contributed by atoms with Crippen molar-refractivity contribution in [3.8, 4) is 0 Å². The molecule has 0 aliphatic carbocycles. The molecule has 0 radical (unpaired) electrons. The Kier molecular flexibility index (Phi) is 11.4. The van der Waals surface area contributed by atoms with E-state index in [1.165, 1.54) is 0 Å². The highest BCUT2D eigenvalue weighted by molar-refractivity contribution is 8.20. The monoisotopic (exact) mass is 480 g/mol. The second kappa shape index (κ2) is 9.26. The van der Waals surface area contributed by atoms with Gasteiger partial charge in [-0.3, -0.25) is 18.2 Å². The van der Waals surface area contributed by atoms with E-state index in [0.717, 1.165) is 12.1 Å². The first-order valence-corrected chi connectivity index (χ1v) is 10.7. The van der Waals surface area contributed by atoms with Gasteiger partial charge in [0.05, 0.1) is 0 Å². The summed E-state index contributed by atoms with van der Waals surface area (Å²) in [6.45, 7) is 0. The van der Waals surface area contributed by atoms with Crippen LogP contribution in [0.25, 0.3) is 0 Å². The van der Waals surface area contributed by atoms with Gasteiger partial charge in [-0.25, -0.2) is 0 Å². The normalized spacial score (nSPS) is 12.4. The zero-order chi connectivity index (χ0) is 18.5. The summed E-state index contributed by atoms with van der Waals surface area (Å²) in [5.74, 6) is 0. The fourth-order valence-electron chi connectivity index (χ4n) is 1.76. The van der Waals surface area contributed by atoms with Crippen LogP contribution in [0.3, 0.4) is 0 Å². The molecule has 164 valence electrons. The Labute approximate surface area is 155 Å². The second-order valence-corrected chi connectivity index (χ2v) is 10.8. The summed E-state index contributed by atoms with van der Waals surface area (Å²) in [5, 5.41) is 0. The maximum Gasteiger partial charge on any atom is 0.371 e. The predicted molar refractivity (Wildman–Crippen MR) is 92.7 cm³/mol. The highest BCUT2D eigenvalue weighted by atomic mass is 32.3. The van der Waals surface area contributed by atoms with E-state index in [1.54, 1.807) is 0 Å². The summed E-state index contributed by atoms with van der Waals surface area (Å²) in [5.41, 5.74) is -1.82. The van der Waals surface area contributed by atoms with Gasteiger partial charge in [-0.1, -0.05) is 18.2 Å². The molecule has 0 saturated carbocycles. The third kappa shape index (κ3) is 5.37. The summed E-state index contributed by atoms with van der Waals surface area (Å²) in [6, 6.07) is 2.16. The molecule has 1 rings (SSSR count). The third-order valence-corrected chi connectivity index (χ3v) is 9.91. The van der Waals surface area contributed by atoms with Crippen molar-refractivity contribution < 1.29 is 51.9 Å². The summed E-state index contributed by atoms with van der Waals surface area (Å²) in [7, 11) is -24.7. The highest BCUT2D eigenvalue weighted by Crippen LogP contribution is 2.42. The summed E-state index contributed by atoms with van der Waals surface area (Å²) in [6.07, 6.45) is 0. The van der Waals surface area contributed by atoms with Crippen molar-refractivity contribution in [2.45, 2.75) is 8.31 Å². The second-order valence-electron chi connectivity index (χ2n) is 3.95. The minimum atomic E-state index is -6.43. The summed E-state index contributed by atoms with van der Waals surface area (Å²) in [4.78, 5) is -1.60. The van der Waals surface area contributed by atoms with E-state index >= 15 is 0 Å².